The van der Waals surface area contributed by atoms with Crippen molar-refractivity contribution in [3.05, 3.63) is 6.92 Å². The topological polar surface area (TPSA) is 0 Å². The Kier molecular flexibility index (Phi) is 1.50. The molecule has 1 aliphatic rings. The van der Waals surface area contributed by atoms with Crippen molar-refractivity contribution in [2.45, 2.75) is 16.1 Å². The highest BCUT2D eigenvalue weighted by atomic mass is 79.9. The fourth-order valence-electron chi connectivity index (χ4n) is 0.583. The fraction of sp³-hybridized carbons (Fsp3) is 0.800. The summed E-state index contributed by atoms with van der Waals surface area (Å²) < 4.78 is 0.280. The molecule has 0 aliphatic heterocycles. The van der Waals surface area contributed by atoms with Crippen LogP contribution in [0.1, 0.15) is 12.8 Å². The van der Waals surface area contributed by atoms with E-state index in [0.29, 0.717) is 0 Å². The smallest absolute Gasteiger partial charge is 0.0724 e. The highest BCUT2D eigenvalue weighted by molar-refractivity contribution is 9.25. The molecule has 1 radical (unpaired) electrons. The monoisotopic (exact) mass is 225 g/mol. The molecule has 1 atom stereocenters. The maximum absolute atomic E-state index is 3.78. The van der Waals surface area contributed by atoms with Gasteiger partial charge < -0.3 is 0 Å². The summed E-state index contributed by atoms with van der Waals surface area (Å²) in [5.41, 5.74) is 0. The number of halogens is 2. The van der Waals surface area contributed by atoms with Gasteiger partial charge in [-0.15, -0.1) is 0 Å². The molecule has 0 spiro atoms. The van der Waals surface area contributed by atoms with Crippen molar-refractivity contribution in [3.8, 4) is 0 Å². The first kappa shape index (κ1) is 6.09. The number of rotatable bonds is 1. The van der Waals surface area contributed by atoms with Crippen LogP contribution in [0.25, 0.3) is 0 Å². The van der Waals surface area contributed by atoms with E-state index >= 15 is 0 Å². The van der Waals surface area contributed by atoms with Crippen LogP contribution in [0.2, 0.25) is 0 Å². The highest BCUT2D eigenvalue weighted by Crippen LogP contribution is 2.57. The zero-order valence-electron chi connectivity index (χ0n) is 3.95. The summed E-state index contributed by atoms with van der Waals surface area (Å²) in [5, 5.41) is 0. The van der Waals surface area contributed by atoms with E-state index in [-0.39, 0.29) is 3.23 Å². The Morgan fingerprint density at radius 3 is 2.14 bits per heavy atom. The first-order chi connectivity index (χ1) is 3.17. The predicted octanol–water partition coefficient (Wildman–Crippen LogP) is 2.72. The third kappa shape index (κ3) is 1.20. The zero-order valence-corrected chi connectivity index (χ0v) is 7.13. The lowest BCUT2D eigenvalue weighted by Crippen LogP contribution is -1.83. The second kappa shape index (κ2) is 1.73. The molecule has 0 bridgehead atoms. The second-order valence-electron chi connectivity index (χ2n) is 1.95. The molecule has 7 heavy (non-hydrogen) atoms. The molecular formula is C5H7Br2. The molecule has 1 fully saturated rings. The van der Waals surface area contributed by atoms with Crippen molar-refractivity contribution < 1.29 is 0 Å². The van der Waals surface area contributed by atoms with Crippen LogP contribution in [0.15, 0.2) is 0 Å². The number of alkyl halides is 2. The molecule has 0 aromatic carbocycles. The van der Waals surface area contributed by atoms with Gasteiger partial charge in [0, 0.05) is 0 Å². The molecular weight excluding hydrogens is 220 g/mol. The first-order valence-corrected chi connectivity index (χ1v) is 3.92. The van der Waals surface area contributed by atoms with Crippen LogP contribution in [0.5, 0.6) is 0 Å². The van der Waals surface area contributed by atoms with Crippen LogP contribution in [0.4, 0.5) is 0 Å². The van der Waals surface area contributed by atoms with Crippen LogP contribution in [0, 0.1) is 12.8 Å². The Morgan fingerprint density at radius 2 is 2.14 bits per heavy atom. The third-order valence-electron chi connectivity index (χ3n) is 1.30. The third-order valence-corrected chi connectivity index (χ3v) is 3.25. The first-order valence-electron chi connectivity index (χ1n) is 2.34. The normalized spacial score (nSPS) is 35.6. The van der Waals surface area contributed by atoms with Gasteiger partial charge in [0.25, 0.3) is 0 Å². The van der Waals surface area contributed by atoms with Gasteiger partial charge in [0.2, 0.25) is 0 Å². The van der Waals surface area contributed by atoms with E-state index in [9.17, 15) is 0 Å². The van der Waals surface area contributed by atoms with Crippen LogP contribution < -0.4 is 0 Å². The summed E-state index contributed by atoms with van der Waals surface area (Å²) in [6.45, 7) is 3.78. The zero-order chi connectivity index (χ0) is 5.49. The van der Waals surface area contributed by atoms with Gasteiger partial charge in [-0.05, 0) is 18.8 Å². The Labute approximate surface area is 60.9 Å². The average molecular weight is 227 g/mol. The van der Waals surface area contributed by atoms with E-state index in [2.05, 4.69) is 38.8 Å². The molecule has 2 heteroatoms. The van der Waals surface area contributed by atoms with E-state index < -0.39 is 0 Å². The molecule has 0 N–H and O–H groups in total. The van der Waals surface area contributed by atoms with Gasteiger partial charge in [-0.3, -0.25) is 0 Å². The van der Waals surface area contributed by atoms with Crippen molar-refractivity contribution in [2.24, 2.45) is 5.92 Å². The lowest BCUT2D eigenvalue weighted by atomic mass is 10.3. The van der Waals surface area contributed by atoms with E-state index in [1.165, 1.54) is 6.42 Å². The van der Waals surface area contributed by atoms with Crippen LogP contribution in [-0.4, -0.2) is 3.23 Å². The van der Waals surface area contributed by atoms with Crippen molar-refractivity contribution in [2.75, 3.05) is 0 Å². The van der Waals surface area contributed by atoms with Gasteiger partial charge in [0.05, 0.1) is 3.23 Å². The minimum atomic E-state index is 0.280. The van der Waals surface area contributed by atoms with E-state index in [1.807, 2.05) is 0 Å². The largest absolute Gasteiger partial charge is 0.0837 e. The Balaban J connectivity index is 2.30. The summed E-state index contributed by atoms with van der Waals surface area (Å²) in [6, 6.07) is 0. The molecule has 41 valence electrons. The van der Waals surface area contributed by atoms with Crippen molar-refractivity contribution in [1.82, 2.24) is 0 Å². The molecule has 0 aromatic rings. The van der Waals surface area contributed by atoms with Gasteiger partial charge in [0.15, 0.2) is 0 Å². The Bertz CT molecular complexity index is 78.1. The molecule has 0 aromatic heterocycles. The minimum Gasteiger partial charge on any atom is -0.0724 e. The average Bonchev–Trinajstić information content (AvgIpc) is 2.13. The summed E-state index contributed by atoms with van der Waals surface area (Å²) in [6.07, 6.45) is 2.27. The van der Waals surface area contributed by atoms with Crippen molar-refractivity contribution in [1.29, 1.82) is 0 Å². The number of hydrogen-bond donors (Lipinski definition) is 0. The molecule has 1 rings (SSSR count). The van der Waals surface area contributed by atoms with Gasteiger partial charge >= 0.3 is 0 Å². The van der Waals surface area contributed by atoms with Gasteiger partial charge in [-0.25, -0.2) is 0 Å². The summed E-state index contributed by atoms with van der Waals surface area (Å²) in [7, 11) is 0. The fourth-order valence-corrected chi connectivity index (χ4v) is 1.82. The molecule has 0 heterocycles. The van der Waals surface area contributed by atoms with E-state index in [4.69, 9.17) is 0 Å². The van der Waals surface area contributed by atoms with Gasteiger partial charge in [-0.1, -0.05) is 38.8 Å². The van der Waals surface area contributed by atoms with E-state index in [1.54, 1.807) is 0 Å². The summed E-state index contributed by atoms with van der Waals surface area (Å²) in [5.74, 6) is 0.771. The van der Waals surface area contributed by atoms with Gasteiger partial charge in [-0.2, -0.15) is 0 Å². The van der Waals surface area contributed by atoms with Gasteiger partial charge in [0.1, 0.15) is 0 Å². The maximum atomic E-state index is 3.78. The Hall–Kier alpha value is 0.960. The maximum Gasteiger partial charge on any atom is 0.0837 e. The second-order valence-corrected chi connectivity index (χ2v) is 5.85. The summed E-state index contributed by atoms with van der Waals surface area (Å²) in [4.78, 5) is 0. The van der Waals surface area contributed by atoms with Crippen LogP contribution >= 0.6 is 31.9 Å². The quantitative estimate of drug-likeness (QED) is 0.604. The van der Waals surface area contributed by atoms with Crippen LogP contribution in [-0.2, 0) is 0 Å². The molecule has 0 saturated heterocycles. The molecule has 0 nitrogen and oxygen atoms in total. The predicted molar refractivity (Wildman–Crippen MR) is 38.7 cm³/mol. The standard InChI is InChI=1S/C5H7Br2/c1-2-4-3-5(4,6)7/h4H,1-3H2. The Morgan fingerprint density at radius 1 is 1.71 bits per heavy atom. The molecule has 1 unspecified atom stereocenters. The molecule has 0 amide bonds. The molecule has 1 aliphatic carbocycles. The SMILES string of the molecule is [CH2]CC1CC1(Br)Br. The van der Waals surface area contributed by atoms with Crippen LogP contribution in [0.3, 0.4) is 0 Å². The minimum absolute atomic E-state index is 0.280. The molecule has 1 saturated carbocycles. The van der Waals surface area contributed by atoms with E-state index in [0.717, 1.165) is 12.3 Å². The van der Waals surface area contributed by atoms with Crippen molar-refractivity contribution in [3.63, 3.8) is 0 Å². The lowest BCUT2D eigenvalue weighted by molar-refractivity contribution is 0.859. The number of hydrogen-bond acceptors (Lipinski definition) is 0. The van der Waals surface area contributed by atoms with Crippen molar-refractivity contribution >= 4 is 31.9 Å². The highest BCUT2D eigenvalue weighted by Gasteiger charge is 2.48. The summed E-state index contributed by atoms with van der Waals surface area (Å²) >= 11 is 6.98. The lowest BCUT2D eigenvalue weighted by Gasteiger charge is -1.90.